The van der Waals surface area contributed by atoms with Crippen LogP contribution in [0.15, 0.2) is 12.3 Å². The molecule has 2 aromatic rings. The second kappa shape index (κ2) is 9.74. The minimum Gasteiger partial charge on any atom is -0.387 e. The topological polar surface area (TPSA) is 187 Å². The third-order valence-corrected chi connectivity index (χ3v) is 9.80. The number of hydrogen-bond acceptors (Lipinski definition) is 9. The molecule has 0 bridgehead atoms. The highest BCUT2D eigenvalue weighted by Gasteiger charge is 2.46. The quantitative estimate of drug-likeness (QED) is 0.302. The van der Waals surface area contributed by atoms with Crippen LogP contribution in [-0.2, 0) is 18.4 Å². The SMILES string of the molecule is CN(c1cc(Cl)nn2c([C@@H]3O[C@H](COP(=O)(O)CP(=O)(O)O)[C@@H](O)[C@H]3O)cnc12)C1CCCC1. The van der Waals surface area contributed by atoms with Crippen molar-refractivity contribution in [2.24, 2.45) is 0 Å². The third-order valence-electron chi connectivity index (χ3n) is 6.15. The first-order valence-electron chi connectivity index (χ1n) is 10.7. The van der Waals surface area contributed by atoms with E-state index in [9.17, 15) is 24.2 Å². The zero-order valence-electron chi connectivity index (χ0n) is 18.2. The number of fused-ring (bicyclic) bond motifs is 1. The van der Waals surface area contributed by atoms with E-state index < -0.39 is 52.1 Å². The lowest BCUT2D eigenvalue weighted by atomic mass is 10.1. The van der Waals surface area contributed by atoms with Crippen molar-refractivity contribution in [3.8, 4) is 0 Å². The minimum absolute atomic E-state index is 0.193. The van der Waals surface area contributed by atoms with Crippen LogP contribution in [0.3, 0.4) is 0 Å². The number of aliphatic hydroxyl groups is 2. The Kier molecular flexibility index (Phi) is 7.44. The van der Waals surface area contributed by atoms with Crippen LogP contribution < -0.4 is 4.90 Å². The maximum atomic E-state index is 11.9. The molecule has 5 N–H and O–H groups in total. The summed E-state index contributed by atoms with van der Waals surface area (Å²) in [6, 6.07) is 2.05. The van der Waals surface area contributed by atoms with Gasteiger partial charge in [-0.2, -0.15) is 5.10 Å². The number of ether oxygens (including phenoxy) is 1. The Morgan fingerprint density at radius 3 is 2.56 bits per heavy atom. The number of halogens is 1. The van der Waals surface area contributed by atoms with E-state index in [-0.39, 0.29) is 5.15 Å². The highest BCUT2D eigenvalue weighted by atomic mass is 35.5. The van der Waals surface area contributed by atoms with Crippen molar-refractivity contribution in [1.29, 1.82) is 0 Å². The highest BCUT2D eigenvalue weighted by Crippen LogP contribution is 2.55. The van der Waals surface area contributed by atoms with E-state index >= 15 is 0 Å². The zero-order valence-corrected chi connectivity index (χ0v) is 20.8. The van der Waals surface area contributed by atoms with Crippen molar-refractivity contribution < 1.29 is 43.3 Å². The lowest BCUT2D eigenvalue weighted by Crippen LogP contribution is -2.33. The number of aromatic nitrogens is 3. The second-order valence-electron chi connectivity index (χ2n) is 8.64. The summed E-state index contributed by atoms with van der Waals surface area (Å²) in [5, 5.41) is 25.5. The summed E-state index contributed by atoms with van der Waals surface area (Å²) in [6.45, 7) is -0.677. The van der Waals surface area contributed by atoms with Gasteiger partial charge >= 0.3 is 15.2 Å². The molecule has 1 aliphatic heterocycles. The van der Waals surface area contributed by atoms with Crippen LogP contribution in [-0.4, -0.2) is 83.4 Å². The van der Waals surface area contributed by atoms with Gasteiger partial charge in [-0.15, -0.1) is 0 Å². The maximum absolute atomic E-state index is 11.9. The summed E-state index contributed by atoms with van der Waals surface area (Å²) < 4.78 is 34.8. The molecule has 1 saturated heterocycles. The molecule has 5 atom stereocenters. The molecule has 2 aromatic heterocycles. The molecular weight excluding hydrogens is 514 g/mol. The zero-order chi connectivity index (χ0) is 24.8. The first kappa shape index (κ1) is 26.0. The van der Waals surface area contributed by atoms with Crippen molar-refractivity contribution >= 4 is 38.1 Å². The number of anilines is 1. The molecule has 0 amide bonds. The lowest BCUT2D eigenvalue weighted by Gasteiger charge is -2.27. The van der Waals surface area contributed by atoms with Gasteiger partial charge in [0, 0.05) is 19.2 Å². The molecular formula is C18H27ClN4O9P2. The molecule has 190 valence electrons. The number of hydrogen-bond donors (Lipinski definition) is 5. The second-order valence-corrected chi connectivity index (χ2v) is 13.0. The Morgan fingerprint density at radius 1 is 1.24 bits per heavy atom. The molecule has 13 nitrogen and oxygen atoms in total. The fourth-order valence-corrected chi connectivity index (χ4v) is 7.22. The van der Waals surface area contributed by atoms with Crippen LogP contribution in [0.5, 0.6) is 0 Å². The van der Waals surface area contributed by atoms with Gasteiger partial charge in [-0.05, 0) is 12.8 Å². The van der Waals surface area contributed by atoms with Crippen molar-refractivity contribution in [3.05, 3.63) is 23.1 Å². The summed E-state index contributed by atoms with van der Waals surface area (Å²) in [5.74, 6) is -1.37. The summed E-state index contributed by atoms with van der Waals surface area (Å²) >= 11 is 6.27. The molecule has 1 aliphatic carbocycles. The molecule has 1 saturated carbocycles. The summed E-state index contributed by atoms with van der Waals surface area (Å²) in [7, 11) is -7.51. The van der Waals surface area contributed by atoms with Gasteiger partial charge in [-0.1, -0.05) is 24.4 Å². The average Bonchev–Trinajstić information content (AvgIpc) is 3.45. The van der Waals surface area contributed by atoms with Crippen LogP contribution in [0, 0.1) is 0 Å². The van der Waals surface area contributed by atoms with Gasteiger partial charge in [-0.25, -0.2) is 9.50 Å². The minimum atomic E-state index is -4.81. The van der Waals surface area contributed by atoms with Crippen LogP contribution in [0.25, 0.3) is 5.65 Å². The van der Waals surface area contributed by atoms with Crippen LogP contribution in [0.1, 0.15) is 37.5 Å². The average molecular weight is 541 g/mol. The Labute approximate surface area is 200 Å². The molecule has 16 heteroatoms. The monoisotopic (exact) mass is 540 g/mol. The molecule has 1 unspecified atom stereocenters. The van der Waals surface area contributed by atoms with Crippen LogP contribution in [0.2, 0.25) is 5.15 Å². The summed E-state index contributed by atoms with van der Waals surface area (Å²) in [5.41, 5.74) is 1.54. The third kappa shape index (κ3) is 5.49. The van der Waals surface area contributed by atoms with Gasteiger partial charge in [0.15, 0.2) is 16.7 Å². The summed E-state index contributed by atoms with van der Waals surface area (Å²) in [6.07, 6.45) is 0.493. The van der Waals surface area contributed by atoms with Gasteiger partial charge in [0.1, 0.15) is 24.4 Å². The number of nitrogens with zero attached hydrogens (tertiary/aromatic N) is 4. The molecule has 4 rings (SSSR count). The first-order valence-corrected chi connectivity index (χ1v) is 14.6. The fourth-order valence-electron chi connectivity index (χ4n) is 4.48. The molecule has 2 aliphatic rings. The maximum Gasteiger partial charge on any atom is 0.340 e. The Bertz CT molecular complexity index is 1140. The van der Waals surface area contributed by atoms with Crippen molar-refractivity contribution in [3.63, 3.8) is 0 Å². The van der Waals surface area contributed by atoms with Crippen molar-refractivity contribution in [1.82, 2.24) is 14.6 Å². The van der Waals surface area contributed by atoms with E-state index in [1.165, 1.54) is 10.7 Å². The van der Waals surface area contributed by atoms with E-state index in [0.717, 1.165) is 31.4 Å². The smallest absolute Gasteiger partial charge is 0.340 e. The number of aliphatic hydroxyl groups excluding tert-OH is 2. The summed E-state index contributed by atoms with van der Waals surface area (Å²) in [4.78, 5) is 34.0. The molecule has 0 radical (unpaired) electrons. The lowest BCUT2D eigenvalue weighted by molar-refractivity contribution is -0.0204. The highest BCUT2D eigenvalue weighted by molar-refractivity contribution is 7.70. The van der Waals surface area contributed by atoms with E-state index in [1.54, 1.807) is 6.07 Å². The van der Waals surface area contributed by atoms with Gasteiger partial charge in [0.05, 0.1) is 24.2 Å². The van der Waals surface area contributed by atoms with Gasteiger partial charge in [0.25, 0.3) is 0 Å². The fraction of sp³-hybridized carbons (Fsp3) is 0.667. The molecule has 3 heterocycles. The normalized spacial score (nSPS) is 28.0. The standard InChI is InChI=1S/C18H27ClN4O9P2/c1-22(10-4-2-3-5-10)11-6-14(19)21-23-12(7-20-18(11)23)17-16(25)15(24)13(32-17)8-31-34(29,30)9-33(26,27)28/h6-7,10,13,15-17,24-25H,2-5,8-9H2,1H3,(H,29,30)(H2,26,27,28)/t13-,15-,16-,17+/m1/s1. The van der Waals surface area contributed by atoms with E-state index in [4.69, 9.17) is 30.6 Å². The van der Waals surface area contributed by atoms with E-state index in [1.807, 2.05) is 7.05 Å². The van der Waals surface area contributed by atoms with Crippen molar-refractivity contribution in [2.45, 2.75) is 56.1 Å². The number of imidazole rings is 1. The Morgan fingerprint density at radius 2 is 1.91 bits per heavy atom. The molecule has 0 aromatic carbocycles. The predicted molar refractivity (Wildman–Crippen MR) is 121 cm³/mol. The number of rotatable bonds is 8. The van der Waals surface area contributed by atoms with Crippen LogP contribution >= 0.6 is 26.8 Å². The van der Waals surface area contributed by atoms with Gasteiger partial charge < -0.3 is 39.1 Å². The predicted octanol–water partition coefficient (Wildman–Crippen LogP) is 1.26. The van der Waals surface area contributed by atoms with Gasteiger partial charge in [0.2, 0.25) is 0 Å². The Hall–Kier alpha value is -1.11. The van der Waals surface area contributed by atoms with E-state index in [0.29, 0.717) is 17.4 Å². The largest absolute Gasteiger partial charge is 0.387 e. The Balaban J connectivity index is 1.56. The van der Waals surface area contributed by atoms with Gasteiger partial charge in [-0.3, -0.25) is 9.13 Å². The first-order chi connectivity index (χ1) is 15.9. The molecule has 0 spiro atoms. The molecule has 2 fully saturated rings. The molecule has 34 heavy (non-hydrogen) atoms. The van der Waals surface area contributed by atoms with Crippen molar-refractivity contribution in [2.75, 3.05) is 24.5 Å². The van der Waals surface area contributed by atoms with Crippen LogP contribution in [0.4, 0.5) is 5.69 Å². The van der Waals surface area contributed by atoms with E-state index in [2.05, 4.69) is 15.0 Å².